The van der Waals surface area contributed by atoms with Gasteiger partial charge in [0, 0.05) is 38.6 Å². The van der Waals surface area contributed by atoms with Gasteiger partial charge in [-0.3, -0.25) is 4.79 Å². The average Bonchev–Trinajstić information content (AvgIpc) is 3.32. The number of hydrogen-bond acceptors (Lipinski definition) is 10. The van der Waals surface area contributed by atoms with E-state index >= 15 is 0 Å². The highest BCUT2D eigenvalue weighted by molar-refractivity contribution is 5.88. The maximum absolute atomic E-state index is 11.5. The van der Waals surface area contributed by atoms with Gasteiger partial charge in [0.1, 0.15) is 12.3 Å². The lowest BCUT2D eigenvalue weighted by Gasteiger charge is -2.36. The first-order valence-corrected chi connectivity index (χ1v) is 12.1. The molecule has 0 atom stereocenters. The summed E-state index contributed by atoms with van der Waals surface area (Å²) in [5, 5.41) is 34.3. The number of carbonyl (C=O) groups is 1. The van der Waals surface area contributed by atoms with Crippen molar-refractivity contribution in [1.82, 2.24) is 19.5 Å². The molecule has 5 rings (SSSR count). The Balaban J connectivity index is 1.53. The van der Waals surface area contributed by atoms with Crippen molar-refractivity contribution in [3.8, 4) is 5.75 Å². The molecular formula is C26H28N8O4. The van der Waals surface area contributed by atoms with Crippen LogP contribution in [0.1, 0.15) is 11.1 Å². The van der Waals surface area contributed by atoms with E-state index in [9.17, 15) is 20.1 Å². The molecule has 2 aromatic carbocycles. The van der Waals surface area contributed by atoms with Crippen molar-refractivity contribution in [1.29, 1.82) is 0 Å². The third-order valence-electron chi connectivity index (χ3n) is 6.53. The molecular weight excluding hydrogens is 488 g/mol. The second kappa shape index (κ2) is 10.3. The third kappa shape index (κ3) is 4.81. The quantitative estimate of drug-likeness (QED) is 0.236. The van der Waals surface area contributed by atoms with Crippen LogP contribution >= 0.6 is 0 Å². The first-order chi connectivity index (χ1) is 18.4. The predicted molar refractivity (Wildman–Crippen MR) is 144 cm³/mol. The second-order valence-corrected chi connectivity index (χ2v) is 9.01. The number of rotatable bonds is 8. The van der Waals surface area contributed by atoms with Crippen LogP contribution in [0.15, 0.2) is 53.9 Å². The molecule has 0 saturated carbocycles. The number of anilines is 4. The smallest absolute Gasteiger partial charge is 0.323 e. The summed E-state index contributed by atoms with van der Waals surface area (Å²) in [7, 11) is 0. The fourth-order valence-electron chi connectivity index (χ4n) is 4.61. The number of carboxylic acids is 1. The van der Waals surface area contributed by atoms with E-state index in [-0.39, 0.29) is 18.9 Å². The number of aliphatic hydroxyl groups excluding tert-OH is 1. The molecule has 0 radical (unpaired) electrons. The normalized spacial score (nSPS) is 13.6. The zero-order valence-electron chi connectivity index (χ0n) is 20.9. The van der Waals surface area contributed by atoms with Gasteiger partial charge in [-0.2, -0.15) is 15.1 Å². The lowest BCUT2D eigenvalue weighted by atomic mass is 10.1. The highest BCUT2D eigenvalue weighted by Crippen LogP contribution is 2.34. The van der Waals surface area contributed by atoms with E-state index in [1.807, 2.05) is 36.1 Å². The van der Waals surface area contributed by atoms with Gasteiger partial charge in [-0.25, -0.2) is 9.99 Å². The van der Waals surface area contributed by atoms with Crippen LogP contribution in [-0.2, 0) is 17.9 Å². The van der Waals surface area contributed by atoms with Crippen LogP contribution in [0.2, 0.25) is 0 Å². The number of aliphatic carboxylic acids is 1. The minimum Gasteiger partial charge on any atom is -0.508 e. The highest BCUT2D eigenvalue weighted by Gasteiger charge is 2.25. The number of aliphatic hydroxyl groups is 1. The van der Waals surface area contributed by atoms with Crippen LogP contribution < -0.4 is 14.8 Å². The van der Waals surface area contributed by atoms with Crippen molar-refractivity contribution in [3.05, 3.63) is 59.9 Å². The van der Waals surface area contributed by atoms with Crippen LogP contribution in [0, 0.1) is 6.92 Å². The van der Waals surface area contributed by atoms with E-state index in [2.05, 4.69) is 21.7 Å². The largest absolute Gasteiger partial charge is 0.508 e. The molecule has 0 bridgehead atoms. The fourth-order valence-corrected chi connectivity index (χ4v) is 4.61. The number of phenolic OH excluding ortho intramolecular Hbond substituents is 1. The third-order valence-corrected chi connectivity index (χ3v) is 6.53. The van der Waals surface area contributed by atoms with Gasteiger partial charge in [0.05, 0.1) is 18.6 Å². The van der Waals surface area contributed by atoms with E-state index in [1.54, 1.807) is 23.2 Å². The van der Waals surface area contributed by atoms with Gasteiger partial charge in [-0.1, -0.05) is 12.1 Å². The standard InChI is InChI=1S/C26H28N8O4/c1-17-13-18(15-35)3-8-21(17)34(27-2)25-23-24(33(16-28-23)14-22(37)38)29-26(30-25)32-11-9-31(10-12-32)19-4-6-20(36)7-5-19/h3-8,13,16,35-36H,2,9-12,14-15H2,1H3,(H,37,38). The topological polar surface area (TPSA) is 143 Å². The lowest BCUT2D eigenvalue weighted by molar-refractivity contribution is -0.137. The Labute approximate surface area is 218 Å². The maximum atomic E-state index is 11.5. The second-order valence-electron chi connectivity index (χ2n) is 9.01. The summed E-state index contributed by atoms with van der Waals surface area (Å²) >= 11 is 0. The van der Waals surface area contributed by atoms with Crippen LogP contribution in [0.5, 0.6) is 5.75 Å². The molecule has 3 N–H and O–H groups in total. The predicted octanol–water partition coefficient (Wildman–Crippen LogP) is 2.50. The number of carboxylic acid groups (broad SMARTS) is 1. The number of aromatic nitrogens is 4. The Morgan fingerprint density at radius 2 is 1.79 bits per heavy atom. The van der Waals surface area contributed by atoms with Crippen LogP contribution in [0.25, 0.3) is 11.2 Å². The molecule has 1 fully saturated rings. The van der Waals surface area contributed by atoms with Crippen molar-refractivity contribution >= 4 is 47.0 Å². The zero-order valence-corrected chi connectivity index (χ0v) is 20.9. The van der Waals surface area contributed by atoms with Crippen LogP contribution in [0.3, 0.4) is 0 Å². The Morgan fingerprint density at radius 3 is 2.42 bits per heavy atom. The van der Waals surface area contributed by atoms with Gasteiger partial charge in [0.2, 0.25) is 5.95 Å². The summed E-state index contributed by atoms with van der Waals surface area (Å²) in [6.45, 7) is 7.95. The van der Waals surface area contributed by atoms with Gasteiger partial charge in [-0.05, 0) is 48.4 Å². The Morgan fingerprint density at radius 1 is 1.08 bits per heavy atom. The first-order valence-electron chi connectivity index (χ1n) is 12.1. The molecule has 3 heterocycles. The summed E-state index contributed by atoms with van der Waals surface area (Å²) in [6, 6.07) is 12.6. The summed E-state index contributed by atoms with van der Waals surface area (Å²) in [5.74, 6) is 0.0251. The summed E-state index contributed by atoms with van der Waals surface area (Å²) < 4.78 is 1.47. The summed E-state index contributed by atoms with van der Waals surface area (Å²) in [4.78, 5) is 29.8. The summed E-state index contributed by atoms with van der Waals surface area (Å²) in [5.41, 5.74) is 4.11. The van der Waals surface area contributed by atoms with Crippen molar-refractivity contribution in [2.45, 2.75) is 20.1 Å². The molecule has 0 aliphatic carbocycles. The number of benzene rings is 2. The molecule has 0 amide bonds. The number of piperazine rings is 1. The van der Waals surface area contributed by atoms with Gasteiger partial charge >= 0.3 is 5.97 Å². The minimum atomic E-state index is -1.01. The number of nitrogens with zero attached hydrogens (tertiary/aromatic N) is 8. The van der Waals surface area contributed by atoms with Gasteiger partial charge < -0.3 is 29.7 Å². The first kappa shape index (κ1) is 25.0. The molecule has 0 unspecified atom stereocenters. The number of fused-ring (bicyclic) bond motifs is 1. The molecule has 196 valence electrons. The molecule has 4 aromatic rings. The van der Waals surface area contributed by atoms with Crippen molar-refractivity contribution < 1.29 is 20.1 Å². The number of phenols is 1. The molecule has 38 heavy (non-hydrogen) atoms. The van der Waals surface area contributed by atoms with Gasteiger partial charge in [0.15, 0.2) is 17.0 Å². The van der Waals surface area contributed by atoms with Crippen molar-refractivity contribution in [2.24, 2.45) is 5.10 Å². The molecule has 1 aliphatic rings. The van der Waals surface area contributed by atoms with Gasteiger partial charge in [0.25, 0.3) is 0 Å². The maximum Gasteiger partial charge on any atom is 0.323 e. The monoisotopic (exact) mass is 516 g/mol. The Hall–Kier alpha value is -4.71. The molecule has 12 heteroatoms. The summed E-state index contributed by atoms with van der Waals surface area (Å²) in [6.07, 6.45) is 1.44. The van der Waals surface area contributed by atoms with Gasteiger partial charge in [-0.15, -0.1) is 0 Å². The molecule has 12 nitrogen and oxygen atoms in total. The minimum absolute atomic E-state index is 0.0831. The Bertz CT molecular complexity index is 1480. The van der Waals surface area contributed by atoms with E-state index in [0.29, 0.717) is 54.8 Å². The number of hydrogen-bond donors (Lipinski definition) is 3. The van der Waals surface area contributed by atoms with E-state index in [4.69, 9.17) is 9.97 Å². The highest BCUT2D eigenvalue weighted by atomic mass is 16.4. The SMILES string of the molecule is C=NN(c1ccc(CO)cc1C)c1nc(N2CCN(c3ccc(O)cc3)CC2)nc2c1ncn2CC(=O)O. The molecule has 2 aromatic heterocycles. The molecule has 0 spiro atoms. The fraction of sp³-hybridized carbons (Fsp3) is 0.269. The number of hydrazone groups is 1. The van der Waals surface area contributed by atoms with E-state index < -0.39 is 5.97 Å². The lowest BCUT2D eigenvalue weighted by Crippen LogP contribution is -2.47. The molecule has 1 aliphatic heterocycles. The number of aryl methyl sites for hydroxylation is 1. The van der Waals surface area contributed by atoms with Crippen LogP contribution in [0.4, 0.5) is 23.1 Å². The average molecular weight is 517 g/mol. The van der Waals surface area contributed by atoms with Crippen molar-refractivity contribution in [3.63, 3.8) is 0 Å². The van der Waals surface area contributed by atoms with E-state index in [0.717, 1.165) is 16.8 Å². The van der Waals surface area contributed by atoms with E-state index in [1.165, 1.54) is 10.9 Å². The molecule has 1 saturated heterocycles. The van der Waals surface area contributed by atoms with Crippen LogP contribution in [-0.4, -0.2) is 73.7 Å². The number of imidazole rings is 1. The zero-order chi connectivity index (χ0) is 26.8. The number of aromatic hydroxyl groups is 1. The Kier molecular flexibility index (Phi) is 6.79. The van der Waals surface area contributed by atoms with Crippen molar-refractivity contribution in [2.75, 3.05) is 41.0 Å².